The zero-order valence-corrected chi connectivity index (χ0v) is 6.90. The summed E-state index contributed by atoms with van der Waals surface area (Å²) in [6, 6.07) is 3.79. The van der Waals surface area contributed by atoms with Crippen LogP contribution in [0, 0.1) is 4.64 Å². The maximum atomic E-state index is 9.43. The standard InChI is InChI=1S/C8H9NOS/c10-9-7-3-1-2-6(7)4-5-8(9)11/h4-5,10H,1-3H2. The first-order valence-electron chi connectivity index (χ1n) is 3.72. The molecule has 1 N–H and O–H groups in total. The van der Waals surface area contributed by atoms with Crippen LogP contribution in [0.25, 0.3) is 0 Å². The third-order valence-corrected chi connectivity index (χ3v) is 2.43. The Balaban J connectivity index is 2.72. The van der Waals surface area contributed by atoms with E-state index in [4.69, 9.17) is 12.2 Å². The lowest BCUT2D eigenvalue weighted by Crippen LogP contribution is -2.01. The molecule has 1 aliphatic carbocycles. The van der Waals surface area contributed by atoms with E-state index in [1.807, 2.05) is 6.07 Å². The van der Waals surface area contributed by atoms with Crippen LogP contribution >= 0.6 is 12.2 Å². The Morgan fingerprint density at radius 1 is 1.36 bits per heavy atom. The third-order valence-electron chi connectivity index (χ3n) is 2.12. The average Bonchev–Trinajstić information content (AvgIpc) is 2.45. The summed E-state index contributed by atoms with van der Waals surface area (Å²) < 4.78 is 1.64. The molecule has 0 aliphatic heterocycles. The maximum absolute atomic E-state index is 9.43. The van der Waals surface area contributed by atoms with Gasteiger partial charge in [-0.2, -0.15) is 4.73 Å². The monoisotopic (exact) mass is 167 g/mol. The summed E-state index contributed by atoms with van der Waals surface area (Å²) in [6.07, 6.45) is 3.16. The SMILES string of the molecule is On1c2c(ccc1=S)CCC2. The van der Waals surface area contributed by atoms with Crippen molar-refractivity contribution in [2.45, 2.75) is 19.3 Å². The quantitative estimate of drug-likeness (QED) is 0.472. The van der Waals surface area contributed by atoms with Crippen molar-refractivity contribution in [3.8, 4) is 0 Å². The molecule has 1 heterocycles. The van der Waals surface area contributed by atoms with Crippen LogP contribution in [0.15, 0.2) is 12.1 Å². The molecule has 0 amide bonds. The number of rotatable bonds is 0. The number of pyridine rings is 1. The van der Waals surface area contributed by atoms with E-state index in [-0.39, 0.29) is 0 Å². The molecule has 0 saturated carbocycles. The van der Waals surface area contributed by atoms with E-state index in [1.54, 1.807) is 6.07 Å². The second-order valence-electron chi connectivity index (χ2n) is 2.81. The van der Waals surface area contributed by atoms with Gasteiger partial charge >= 0.3 is 0 Å². The second kappa shape index (κ2) is 2.34. The highest BCUT2D eigenvalue weighted by atomic mass is 32.1. The molecular formula is C8H9NOS. The lowest BCUT2D eigenvalue weighted by Gasteiger charge is -2.03. The van der Waals surface area contributed by atoms with Gasteiger partial charge in [0.05, 0.1) is 5.69 Å². The Kier molecular flexibility index (Phi) is 1.46. The molecule has 2 rings (SSSR count). The summed E-state index contributed by atoms with van der Waals surface area (Å²) in [6.45, 7) is 0. The zero-order valence-electron chi connectivity index (χ0n) is 6.08. The van der Waals surface area contributed by atoms with Crippen LogP contribution in [0.1, 0.15) is 17.7 Å². The van der Waals surface area contributed by atoms with Gasteiger partial charge in [-0.25, -0.2) is 0 Å². The molecule has 0 unspecified atom stereocenters. The van der Waals surface area contributed by atoms with E-state index in [0.717, 1.165) is 29.7 Å². The Labute approximate surface area is 70.1 Å². The normalized spacial score (nSPS) is 14.9. The molecule has 1 aromatic rings. The number of fused-ring (bicyclic) bond motifs is 1. The number of aryl methyl sites for hydroxylation is 1. The van der Waals surface area contributed by atoms with Crippen LogP contribution in [0.5, 0.6) is 0 Å². The fourth-order valence-electron chi connectivity index (χ4n) is 1.55. The van der Waals surface area contributed by atoms with Crippen molar-refractivity contribution in [3.05, 3.63) is 28.0 Å². The van der Waals surface area contributed by atoms with Crippen LogP contribution in [0.4, 0.5) is 0 Å². The van der Waals surface area contributed by atoms with Crippen LogP contribution in [-0.4, -0.2) is 9.94 Å². The van der Waals surface area contributed by atoms with Gasteiger partial charge in [0.25, 0.3) is 0 Å². The van der Waals surface area contributed by atoms with E-state index in [0.29, 0.717) is 4.64 Å². The maximum Gasteiger partial charge on any atom is 0.142 e. The molecule has 0 spiro atoms. The van der Waals surface area contributed by atoms with E-state index >= 15 is 0 Å². The highest BCUT2D eigenvalue weighted by Crippen LogP contribution is 2.20. The summed E-state index contributed by atoms with van der Waals surface area (Å²) in [7, 11) is 0. The Bertz CT molecular complexity index is 342. The topological polar surface area (TPSA) is 25.2 Å². The largest absolute Gasteiger partial charge is 0.427 e. The summed E-state index contributed by atoms with van der Waals surface area (Å²) in [5.41, 5.74) is 2.23. The van der Waals surface area contributed by atoms with Gasteiger partial charge in [0, 0.05) is 0 Å². The second-order valence-corrected chi connectivity index (χ2v) is 3.23. The number of hydrogen-bond acceptors (Lipinski definition) is 2. The molecule has 58 valence electrons. The minimum absolute atomic E-state index is 0.505. The van der Waals surface area contributed by atoms with Crippen LogP contribution in [0.3, 0.4) is 0 Å². The highest BCUT2D eigenvalue weighted by Gasteiger charge is 2.13. The van der Waals surface area contributed by atoms with Crippen molar-refractivity contribution in [1.29, 1.82) is 0 Å². The minimum Gasteiger partial charge on any atom is -0.427 e. The molecule has 3 heteroatoms. The summed E-state index contributed by atoms with van der Waals surface area (Å²) in [4.78, 5) is 0. The number of aromatic nitrogens is 1. The van der Waals surface area contributed by atoms with Gasteiger partial charge in [-0.15, -0.1) is 0 Å². The van der Waals surface area contributed by atoms with Crippen molar-refractivity contribution in [2.24, 2.45) is 0 Å². The number of hydrogen-bond donors (Lipinski definition) is 1. The predicted molar refractivity (Wildman–Crippen MR) is 44.5 cm³/mol. The molecule has 0 bridgehead atoms. The molecule has 0 radical (unpaired) electrons. The Morgan fingerprint density at radius 3 is 3.00 bits per heavy atom. The third kappa shape index (κ3) is 0.959. The van der Waals surface area contributed by atoms with Crippen LogP contribution in [0.2, 0.25) is 0 Å². The van der Waals surface area contributed by atoms with Crippen molar-refractivity contribution >= 4 is 12.2 Å². The number of nitrogens with zero attached hydrogens (tertiary/aromatic N) is 1. The molecular weight excluding hydrogens is 158 g/mol. The van der Waals surface area contributed by atoms with Gasteiger partial charge in [-0.05, 0) is 30.9 Å². The van der Waals surface area contributed by atoms with Crippen molar-refractivity contribution < 1.29 is 5.21 Å². The zero-order chi connectivity index (χ0) is 7.84. The van der Waals surface area contributed by atoms with E-state index in [9.17, 15) is 5.21 Å². The molecule has 11 heavy (non-hydrogen) atoms. The van der Waals surface area contributed by atoms with Gasteiger partial charge in [0.1, 0.15) is 4.64 Å². The van der Waals surface area contributed by atoms with Gasteiger partial charge in [0.15, 0.2) is 0 Å². The van der Waals surface area contributed by atoms with Crippen LogP contribution in [-0.2, 0) is 12.8 Å². The molecule has 1 aliphatic rings. The van der Waals surface area contributed by atoms with Crippen molar-refractivity contribution in [1.82, 2.24) is 4.73 Å². The first-order valence-corrected chi connectivity index (χ1v) is 4.13. The molecule has 1 aromatic heterocycles. The van der Waals surface area contributed by atoms with Crippen molar-refractivity contribution in [2.75, 3.05) is 0 Å². The predicted octanol–water partition coefficient (Wildman–Crippen LogP) is 1.94. The summed E-state index contributed by atoms with van der Waals surface area (Å²) in [5, 5.41) is 9.43. The Hall–Kier alpha value is -0.830. The Morgan fingerprint density at radius 2 is 2.18 bits per heavy atom. The van der Waals surface area contributed by atoms with Crippen LogP contribution < -0.4 is 0 Å². The van der Waals surface area contributed by atoms with Gasteiger partial charge in [-0.3, -0.25) is 0 Å². The highest BCUT2D eigenvalue weighted by molar-refractivity contribution is 7.71. The average molecular weight is 167 g/mol. The van der Waals surface area contributed by atoms with Gasteiger partial charge < -0.3 is 5.21 Å². The molecule has 0 atom stereocenters. The van der Waals surface area contributed by atoms with Gasteiger partial charge in [0.2, 0.25) is 0 Å². The molecule has 0 fully saturated rings. The molecule has 0 aromatic carbocycles. The molecule has 2 nitrogen and oxygen atoms in total. The van der Waals surface area contributed by atoms with E-state index in [2.05, 4.69) is 0 Å². The lowest BCUT2D eigenvalue weighted by molar-refractivity contribution is 0.171. The smallest absolute Gasteiger partial charge is 0.142 e. The lowest BCUT2D eigenvalue weighted by atomic mass is 10.2. The van der Waals surface area contributed by atoms with E-state index in [1.165, 1.54) is 5.56 Å². The fraction of sp³-hybridized carbons (Fsp3) is 0.375. The van der Waals surface area contributed by atoms with Gasteiger partial charge in [-0.1, -0.05) is 18.3 Å². The minimum atomic E-state index is 0.505. The fourth-order valence-corrected chi connectivity index (χ4v) is 1.73. The molecule has 0 saturated heterocycles. The summed E-state index contributed by atoms with van der Waals surface area (Å²) >= 11 is 4.91. The first-order chi connectivity index (χ1) is 5.29. The van der Waals surface area contributed by atoms with E-state index < -0.39 is 0 Å². The van der Waals surface area contributed by atoms with Crippen molar-refractivity contribution in [3.63, 3.8) is 0 Å². The summed E-state index contributed by atoms with van der Waals surface area (Å²) in [5.74, 6) is 0. The first kappa shape index (κ1) is 6.85.